The number of aldehydes is 1. The summed E-state index contributed by atoms with van der Waals surface area (Å²) in [6, 6.07) is 5.43. The van der Waals surface area contributed by atoms with Gasteiger partial charge in [0.05, 0.1) is 11.3 Å². The zero-order valence-corrected chi connectivity index (χ0v) is 25.4. The topological polar surface area (TPSA) is 131 Å². The first-order valence-corrected chi connectivity index (χ1v) is 16.7. The van der Waals surface area contributed by atoms with E-state index in [2.05, 4.69) is 32.9 Å². The van der Waals surface area contributed by atoms with Crippen molar-refractivity contribution in [3.05, 3.63) is 40.7 Å². The van der Waals surface area contributed by atoms with E-state index in [4.69, 9.17) is 0 Å². The molecule has 1 saturated heterocycles. The van der Waals surface area contributed by atoms with Crippen LogP contribution in [0.2, 0.25) is 0 Å². The zero-order chi connectivity index (χ0) is 29.4. The molecule has 0 saturated carbocycles. The molecule has 1 fully saturated rings. The van der Waals surface area contributed by atoms with Gasteiger partial charge in [-0.2, -0.15) is 28.8 Å². The smallest absolute Gasteiger partial charge is 0.328 e. The molecule has 2 aromatic rings. The standard InChI is InChI=1S/C29H37N7O3S2/c1-19(18-41-3)32-24-13-26(31-15-23(24)14-30)34-29(39)36-9-4-6-21-12-22(25(17-37)33-27(21)36)16-35-10-8-20(28(35)38)7-5-11-40-2/h12-13,15,17,19-20H,4-11,16,18H2,1-3H3,(H2,31,32,34,39)/t19-,20-/m1/s1. The first-order valence-electron chi connectivity index (χ1n) is 13.9. The van der Waals surface area contributed by atoms with Crippen LogP contribution in [0.4, 0.5) is 22.1 Å². The van der Waals surface area contributed by atoms with Crippen molar-refractivity contribution in [3.8, 4) is 6.07 Å². The van der Waals surface area contributed by atoms with E-state index in [1.807, 2.05) is 24.1 Å². The van der Waals surface area contributed by atoms with Gasteiger partial charge in [-0.15, -0.1) is 0 Å². The van der Waals surface area contributed by atoms with Crippen LogP contribution in [0.5, 0.6) is 0 Å². The van der Waals surface area contributed by atoms with E-state index in [0.29, 0.717) is 54.4 Å². The lowest BCUT2D eigenvalue weighted by Crippen LogP contribution is -2.40. The van der Waals surface area contributed by atoms with Crippen LogP contribution in [0.15, 0.2) is 18.3 Å². The second-order valence-electron chi connectivity index (χ2n) is 10.4. The second-order valence-corrected chi connectivity index (χ2v) is 12.3. The van der Waals surface area contributed by atoms with E-state index in [-0.39, 0.29) is 23.6 Å². The maximum absolute atomic E-state index is 13.4. The van der Waals surface area contributed by atoms with Crippen molar-refractivity contribution in [3.63, 3.8) is 0 Å². The first-order chi connectivity index (χ1) is 19.9. The number of fused-ring (bicyclic) bond motifs is 1. The summed E-state index contributed by atoms with van der Waals surface area (Å²) in [4.78, 5) is 50.7. The molecule has 3 amide bonds. The molecule has 218 valence electrons. The predicted octanol–water partition coefficient (Wildman–Crippen LogP) is 4.80. The normalized spacial score (nSPS) is 17.1. The minimum atomic E-state index is -0.411. The lowest BCUT2D eigenvalue weighted by Gasteiger charge is -2.29. The Morgan fingerprint density at radius 2 is 2.12 bits per heavy atom. The molecule has 2 atom stereocenters. The molecule has 4 heterocycles. The predicted molar refractivity (Wildman–Crippen MR) is 166 cm³/mol. The van der Waals surface area contributed by atoms with Gasteiger partial charge >= 0.3 is 6.03 Å². The largest absolute Gasteiger partial charge is 0.381 e. The Hall–Kier alpha value is -3.30. The number of nitriles is 1. The second kappa shape index (κ2) is 14.5. The van der Waals surface area contributed by atoms with Crippen LogP contribution in [-0.2, 0) is 17.8 Å². The van der Waals surface area contributed by atoms with E-state index in [1.165, 1.54) is 11.1 Å². The Bertz CT molecular complexity index is 1320. The van der Waals surface area contributed by atoms with Crippen molar-refractivity contribution >= 4 is 59.1 Å². The van der Waals surface area contributed by atoms with Crippen molar-refractivity contribution < 1.29 is 14.4 Å². The fourth-order valence-corrected chi connectivity index (χ4v) is 6.40. The molecule has 41 heavy (non-hydrogen) atoms. The molecule has 4 rings (SSSR count). The van der Waals surface area contributed by atoms with Crippen LogP contribution in [0.25, 0.3) is 0 Å². The molecule has 0 aromatic carbocycles. The minimum Gasteiger partial charge on any atom is -0.381 e. The SMILES string of the molecule is CSCCC[C@@H]1CCN(Cc2cc3c(nc2C=O)N(C(=O)Nc2cc(N[C@H](C)CSC)c(C#N)cn2)CCC3)C1=O. The summed E-state index contributed by atoms with van der Waals surface area (Å²) in [5.41, 5.74) is 2.83. The van der Waals surface area contributed by atoms with Crippen molar-refractivity contribution in [2.24, 2.45) is 5.92 Å². The van der Waals surface area contributed by atoms with Gasteiger partial charge in [-0.1, -0.05) is 0 Å². The molecule has 2 aliphatic rings. The average molecular weight is 596 g/mol. The zero-order valence-electron chi connectivity index (χ0n) is 23.8. The fraction of sp³-hybridized carbons (Fsp3) is 0.517. The number of rotatable bonds is 12. The first kappa shape index (κ1) is 30.7. The van der Waals surface area contributed by atoms with Gasteiger partial charge in [-0.05, 0) is 68.9 Å². The molecule has 0 bridgehead atoms. The Kier molecular flexibility index (Phi) is 10.9. The number of thioether (sulfide) groups is 2. The molecule has 10 nitrogen and oxygen atoms in total. The highest BCUT2D eigenvalue weighted by molar-refractivity contribution is 7.98. The Morgan fingerprint density at radius 1 is 1.29 bits per heavy atom. The van der Waals surface area contributed by atoms with Crippen molar-refractivity contribution in [2.45, 2.75) is 51.6 Å². The third-order valence-electron chi connectivity index (χ3n) is 7.38. The average Bonchev–Trinajstić information content (AvgIpc) is 3.31. The summed E-state index contributed by atoms with van der Waals surface area (Å²) < 4.78 is 0. The van der Waals surface area contributed by atoms with Crippen LogP contribution in [-0.4, -0.2) is 76.2 Å². The number of pyridine rings is 2. The minimum absolute atomic E-state index is 0.0481. The Labute approximate surface area is 250 Å². The molecule has 2 aliphatic heterocycles. The third-order valence-corrected chi connectivity index (χ3v) is 8.91. The summed E-state index contributed by atoms with van der Waals surface area (Å²) in [6.45, 7) is 3.49. The number of nitrogens with zero attached hydrogens (tertiary/aromatic N) is 5. The van der Waals surface area contributed by atoms with Gasteiger partial charge < -0.3 is 10.2 Å². The van der Waals surface area contributed by atoms with Gasteiger partial charge in [0.15, 0.2) is 6.29 Å². The number of hydrogen-bond acceptors (Lipinski definition) is 9. The van der Waals surface area contributed by atoms with Gasteiger partial charge in [0.2, 0.25) is 5.91 Å². The molecule has 2 N–H and O–H groups in total. The number of urea groups is 1. The number of aromatic nitrogens is 2. The van der Waals surface area contributed by atoms with Crippen molar-refractivity contribution in [1.82, 2.24) is 14.9 Å². The maximum atomic E-state index is 13.4. The van der Waals surface area contributed by atoms with Crippen molar-refractivity contribution in [1.29, 1.82) is 5.26 Å². The molecule has 0 spiro atoms. The molecule has 0 radical (unpaired) electrons. The third kappa shape index (κ3) is 7.51. The number of anilines is 3. The quantitative estimate of drug-likeness (QED) is 0.262. The van der Waals surface area contributed by atoms with Gasteiger partial charge in [0.1, 0.15) is 23.4 Å². The van der Waals surface area contributed by atoms with Gasteiger partial charge in [-0.3, -0.25) is 19.8 Å². The molecular weight excluding hydrogens is 558 g/mol. The highest BCUT2D eigenvalue weighted by Crippen LogP contribution is 2.31. The van der Waals surface area contributed by atoms with E-state index in [1.54, 1.807) is 29.6 Å². The molecular formula is C29H37N7O3S2. The molecule has 0 unspecified atom stereocenters. The number of amides is 3. The molecule has 2 aromatic heterocycles. The highest BCUT2D eigenvalue weighted by atomic mass is 32.2. The van der Waals surface area contributed by atoms with E-state index >= 15 is 0 Å². The monoisotopic (exact) mass is 595 g/mol. The fourth-order valence-electron chi connectivity index (χ4n) is 5.36. The number of carbonyl (C=O) groups is 3. The number of nitrogens with one attached hydrogen (secondary N) is 2. The van der Waals surface area contributed by atoms with Crippen LogP contribution >= 0.6 is 23.5 Å². The summed E-state index contributed by atoms with van der Waals surface area (Å²) in [6.07, 6.45) is 10.4. The summed E-state index contributed by atoms with van der Waals surface area (Å²) in [5, 5.41) is 15.6. The molecule has 12 heteroatoms. The van der Waals surface area contributed by atoms with Crippen LogP contribution in [0.1, 0.15) is 59.8 Å². The summed E-state index contributed by atoms with van der Waals surface area (Å²) in [7, 11) is 0. The van der Waals surface area contributed by atoms with E-state index < -0.39 is 6.03 Å². The van der Waals surface area contributed by atoms with Gasteiger partial charge in [0.25, 0.3) is 0 Å². The highest BCUT2D eigenvalue weighted by Gasteiger charge is 2.32. The van der Waals surface area contributed by atoms with E-state index in [0.717, 1.165) is 49.2 Å². The molecule has 0 aliphatic carbocycles. The Balaban J connectivity index is 1.49. The number of carbonyl (C=O) groups excluding carboxylic acids is 3. The van der Waals surface area contributed by atoms with Crippen LogP contribution in [0.3, 0.4) is 0 Å². The van der Waals surface area contributed by atoms with Crippen LogP contribution in [0, 0.1) is 17.2 Å². The summed E-state index contributed by atoms with van der Waals surface area (Å²) in [5.74, 6) is 2.86. The Morgan fingerprint density at radius 3 is 2.85 bits per heavy atom. The number of aryl methyl sites for hydroxylation is 1. The lowest BCUT2D eigenvalue weighted by atomic mass is 10.0. The van der Waals surface area contributed by atoms with Crippen LogP contribution < -0.4 is 15.5 Å². The number of likely N-dealkylation sites (tertiary alicyclic amines) is 1. The summed E-state index contributed by atoms with van der Waals surface area (Å²) >= 11 is 3.49. The van der Waals surface area contributed by atoms with E-state index in [9.17, 15) is 19.6 Å². The van der Waals surface area contributed by atoms with Crippen molar-refractivity contribution in [2.75, 3.05) is 52.6 Å². The lowest BCUT2D eigenvalue weighted by molar-refractivity contribution is -0.131. The number of hydrogen-bond donors (Lipinski definition) is 2. The van der Waals surface area contributed by atoms with Gasteiger partial charge in [0, 0.05) is 55.2 Å². The maximum Gasteiger partial charge on any atom is 0.328 e. The van der Waals surface area contributed by atoms with Gasteiger partial charge in [-0.25, -0.2) is 14.8 Å².